The molecule has 0 fully saturated rings. The maximum atomic E-state index is 12.4. The fourth-order valence-corrected chi connectivity index (χ4v) is 2.91. The summed E-state index contributed by atoms with van der Waals surface area (Å²) in [6, 6.07) is 16.2. The van der Waals surface area contributed by atoms with Crippen LogP contribution in [0.3, 0.4) is 0 Å². The van der Waals surface area contributed by atoms with Gasteiger partial charge in [-0.15, -0.1) is 0 Å². The van der Waals surface area contributed by atoms with E-state index < -0.39 is 18.0 Å². The third kappa shape index (κ3) is 8.12. The van der Waals surface area contributed by atoms with Gasteiger partial charge in [-0.1, -0.05) is 58.4 Å². The van der Waals surface area contributed by atoms with Crippen LogP contribution < -0.4 is 14.8 Å². The van der Waals surface area contributed by atoms with Crippen molar-refractivity contribution in [3.8, 4) is 17.6 Å². The van der Waals surface area contributed by atoms with Crippen LogP contribution in [-0.4, -0.2) is 24.5 Å². The van der Waals surface area contributed by atoms with E-state index in [0.717, 1.165) is 12.8 Å². The highest BCUT2D eigenvalue weighted by Crippen LogP contribution is 2.25. The number of ether oxygens (including phenoxy) is 2. The summed E-state index contributed by atoms with van der Waals surface area (Å²) >= 11 is 0. The Kier molecular flexibility index (Phi) is 9.23. The molecule has 174 valence electrons. The Morgan fingerprint density at radius 1 is 1.06 bits per heavy atom. The number of nitrogens with zero attached hydrogens (tertiary/aromatic N) is 1. The molecule has 0 heterocycles. The predicted octanol–water partition coefficient (Wildman–Crippen LogP) is 5.18. The number of carbonyl (C=O) groups is 2. The van der Waals surface area contributed by atoms with Gasteiger partial charge < -0.3 is 14.8 Å². The van der Waals surface area contributed by atoms with Crippen LogP contribution in [0.2, 0.25) is 0 Å². The Morgan fingerprint density at radius 2 is 1.67 bits per heavy atom. The lowest BCUT2D eigenvalue weighted by Gasteiger charge is -2.20. The first-order valence-corrected chi connectivity index (χ1v) is 11.1. The molecule has 2 rings (SSSR count). The van der Waals surface area contributed by atoms with Gasteiger partial charge in [0, 0.05) is 6.54 Å². The van der Waals surface area contributed by atoms with Crippen molar-refractivity contribution < 1.29 is 19.1 Å². The number of rotatable bonds is 9. The van der Waals surface area contributed by atoms with E-state index in [4.69, 9.17) is 9.47 Å². The van der Waals surface area contributed by atoms with Crippen molar-refractivity contribution in [1.82, 2.24) is 5.32 Å². The summed E-state index contributed by atoms with van der Waals surface area (Å²) in [7, 11) is 0. The maximum absolute atomic E-state index is 12.4. The number of nitriles is 1. The highest BCUT2D eigenvalue weighted by molar-refractivity contribution is 6.01. The van der Waals surface area contributed by atoms with E-state index in [0.29, 0.717) is 23.6 Å². The molecule has 1 unspecified atom stereocenters. The van der Waals surface area contributed by atoms with Gasteiger partial charge in [-0.25, -0.2) is 4.79 Å². The number of benzene rings is 2. The van der Waals surface area contributed by atoms with Crippen LogP contribution in [0, 0.1) is 11.3 Å². The minimum absolute atomic E-state index is 0.0235. The largest absolute Gasteiger partial charge is 0.479 e. The van der Waals surface area contributed by atoms with Crippen molar-refractivity contribution in [3.63, 3.8) is 0 Å². The van der Waals surface area contributed by atoms with Crippen molar-refractivity contribution >= 4 is 18.0 Å². The molecular weight excluding hydrogens is 416 g/mol. The lowest BCUT2D eigenvalue weighted by atomic mass is 9.87. The lowest BCUT2D eigenvalue weighted by molar-refractivity contribution is -0.141. The zero-order valence-corrected chi connectivity index (χ0v) is 20.0. The van der Waals surface area contributed by atoms with Crippen LogP contribution in [0.25, 0.3) is 6.08 Å². The normalized spacial score (nSPS) is 12.4. The first-order chi connectivity index (χ1) is 15.6. The van der Waals surface area contributed by atoms with Crippen LogP contribution in [0.1, 0.15) is 58.6 Å². The molecule has 33 heavy (non-hydrogen) atoms. The number of unbranched alkanes of at least 4 members (excludes halogenated alkanes) is 1. The van der Waals surface area contributed by atoms with E-state index >= 15 is 0 Å². The molecule has 1 N–H and O–H groups in total. The maximum Gasteiger partial charge on any atom is 0.352 e. The van der Waals surface area contributed by atoms with E-state index in [9.17, 15) is 14.9 Å². The highest BCUT2D eigenvalue weighted by Gasteiger charge is 2.18. The molecule has 2 aromatic carbocycles. The Morgan fingerprint density at radius 3 is 2.21 bits per heavy atom. The molecule has 0 saturated heterocycles. The van der Waals surface area contributed by atoms with Crippen LogP contribution in [0.4, 0.5) is 0 Å². The highest BCUT2D eigenvalue weighted by atomic mass is 16.6. The minimum atomic E-state index is -0.790. The molecule has 0 bridgehead atoms. The van der Waals surface area contributed by atoms with Gasteiger partial charge in [-0.05, 0) is 60.2 Å². The van der Waals surface area contributed by atoms with Crippen molar-refractivity contribution in [2.45, 2.75) is 59.0 Å². The molecule has 1 amide bonds. The molecule has 6 nitrogen and oxygen atoms in total. The Hall–Kier alpha value is -3.59. The van der Waals surface area contributed by atoms with E-state index in [1.165, 1.54) is 11.6 Å². The summed E-state index contributed by atoms with van der Waals surface area (Å²) in [6.45, 7) is 10.6. The van der Waals surface area contributed by atoms with Crippen LogP contribution in [-0.2, 0) is 15.0 Å². The quantitative estimate of drug-likeness (QED) is 0.188. The first kappa shape index (κ1) is 25.7. The van der Waals surface area contributed by atoms with Crippen molar-refractivity contribution in [2.75, 3.05) is 6.54 Å². The molecule has 0 aliphatic heterocycles. The average Bonchev–Trinajstić information content (AvgIpc) is 2.78. The second-order valence-corrected chi connectivity index (χ2v) is 8.80. The summed E-state index contributed by atoms with van der Waals surface area (Å²) in [4.78, 5) is 24.5. The van der Waals surface area contributed by atoms with Gasteiger partial charge >= 0.3 is 5.97 Å². The number of carbonyl (C=O) groups excluding carboxylic acids is 2. The average molecular weight is 449 g/mol. The van der Waals surface area contributed by atoms with Crippen LogP contribution in [0.5, 0.6) is 11.5 Å². The van der Waals surface area contributed by atoms with Gasteiger partial charge in [-0.2, -0.15) is 5.26 Å². The monoisotopic (exact) mass is 448 g/mol. The zero-order chi connectivity index (χ0) is 24.4. The minimum Gasteiger partial charge on any atom is -0.479 e. The summed E-state index contributed by atoms with van der Waals surface area (Å²) in [6.07, 6.45) is 2.52. The van der Waals surface area contributed by atoms with Crippen LogP contribution >= 0.6 is 0 Å². The Labute approximate surface area is 196 Å². The van der Waals surface area contributed by atoms with E-state index in [-0.39, 0.29) is 11.0 Å². The van der Waals surface area contributed by atoms with Gasteiger partial charge in [0.05, 0.1) is 0 Å². The van der Waals surface area contributed by atoms with E-state index in [1.807, 2.05) is 37.3 Å². The van der Waals surface area contributed by atoms with Crippen molar-refractivity contribution in [3.05, 3.63) is 65.2 Å². The van der Waals surface area contributed by atoms with E-state index in [1.54, 1.807) is 31.2 Å². The number of hydrogen-bond acceptors (Lipinski definition) is 5. The molecular formula is C27H32N2O4. The lowest BCUT2D eigenvalue weighted by Crippen LogP contribution is -2.28. The Balaban J connectivity index is 1.96. The summed E-state index contributed by atoms with van der Waals surface area (Å²) < 4.78 is 11.1. The summed E-state index contributed by atoms with van der Waals surface area (Å²) in [5, 5.41) is 12.0. The van der Waals surface area contributed by atoms with Crippen molar-refractivity contribution in [1.29, 1.82) is 5.26 Å². The fourth-order valence-electron chi connectivity index (χ4n) is 2.91. The number of esters is 1. The molecule has 0 saturated carbocycles. The first-order valence-electron chi connectivity index (χ1n) is 11.1. The topological polar surface area (TPSA) is 88.4 Å². The van der Waals surface area contributed by atoms with Gasteiger partial charge in [0.2, 0.25) is 0 Å². The summed E-state index contributed by atoms with van der Waals surface area (Å²) in [5.41, 5.74) is 1.89. The summed E-state index contributed by atoms with van der Waals surface area (Å²) in [5.74, 6) is 0.0185. The van der Waals surface area contributed by atoms with E-state index in [2.05, 4.69) is 26.1 Å². The molecule has 0 radical (unpaired) electrons. The number of hydrogen-bond donors (Lipinski definition) is 1. The van der Waals surface area contributed by atoms with Gasteiger partial charge in [0.15, 0.2) is 6.10 Å². The second-order valence-electron chi connectivity index (χ2n) is 8.80. The molecule has 1 atom stereocenters. The third-order valence-corrected chi connectivity index (χ3v) is 4.96. The zero-order valence-electron chi connectivity index (χ0n) is 20.0. The molecule has 0 spiro atoms. The van der Waals surface area contributed by atoms with Crippen molar-refractivity contribution in [2.24, 2.45) is 0 Å². The Bertz CT molecular complexity index is 1010. The van der Waals surface area contributed by atoms with Gasteiger partial charge in [-0.3, -0.25) is 4.79 Å². The molecule has 0 aromatic heterocycles. The van der Waals surface area contributed by atoms with Gasteiger partial charge in [0.25, 0.3) is 5.91 Å². The standard InChI is InChI=1S/C27H32N2O4/c1-6-7-16-29-25(30)21(18-28)17-20-8-12-24(13-9-20)33-26(31)19(2)32-23-14-10-22(11-15-23)27(3,4)5/h8-15,17,19H,6-7,16H2,1-5H3,(H,29,30)/b21-17+. The third-order valence-electron chi connectivity index (χ3n) is 4.96. The van der Waals surface area contributed by atoms with Gasteiger partial charge in [0.1, 0.15) is 23.1 Å². The molecule has 2 aromatic rings. The number of amides is 1. The molecule has 0 aliphatic rings. The SMILES string of the molecule is CCCCNC(=O)/C(C#N)=C/c1ccc(OC(=O)C(C)Oc2ccc(C(C)(C)C)cc2)cc1. The second kappa shape index (κ2) is 11.9. The number of nitrogens with one attached hydrogen (secondary N) is 1. The fraction of sp³-hybridized carbons (Fsp3) is 0.370. The van der Waals surface area contributed by atoms with Crippen LogP contribution in [0.15, 0.2) is 54.1 Å². The predicted molar refractivity (Wildman–Crippen MR) is 129 cm³/mol. The molecule has 6 heteroatoms. The molecule has 0 aliphatic carbocycles. The smallest absolute Gasteiger partial charge is 0.352 e.